The predicted octanol–water partition coefficient (Wildman–Crippen LogP) is 0.387. The van der Waals surface area contributed by atoms with E-state index in [1.165, 1.54) is 13.8 Å². The number of hydrogen-bond donors (Lipinski definition) is 2. The Morgan fingerprint density at radius 2 is 1.86 bits per heavy atom. The molecule has 78 valence electrons. The van der Waals surface area contributed by atoms with Crippen molar-refractivity contribution in [2.24, 2.45) is 17.3 Å². The molecule has 1 saturated carbocycles. The highest BCUT2D eigenvalue weighted by Gasteiger charge is 2.59. The van der Waals surface area contributed by atoms with Crippen LogP contribution in [0.1, 0.15) is 20.3 Å². The van der Waals surface area contributed by atoms with Gasteiger partial charge in [0.1, 0.15) is 5.78 Å². The van der Waals surface area contributed by atoms with E-state index in [1.807, 2.05) is 0 Å². The summed E-state index contributed by atoms with van der Waals surface area (Å²) in [6, 6.07) is 0. The van der Waals surface area contributed by atoms with Gasteiger partial charge < -0.3 is 10.2 Å². The lowest BCUT2D eigenvalue weighted by Gasteiger charge is -2.46. The number of carboxylic acid groups (broad SMARTS) is 2. The van der Waals surface area contributed by atoms with E-state index in [-0.39, 0.29) is 12.2 Å². The molecule has 5 heteroatoms. The van der Waals surface area contributed by atoms with Crippen LogP contribution in [0.25, 0.3) is 0 Å². The first-order valence-electron chi connectivity index (χ1n) is 4.27. The maximum atomic E-state index is 11.4. The first-order valence-corrected chi connectivity index (χ1v) is 4.27. The summed E-state index contributed by atoms with van der Waals surface area (Å²) in [5.74, 6) is -4.23. The Hall–Kier alpha value is -1.39. The molecule has 0 radical (unpaired) electrons. The fraction of sp³-hybridized carbons (Fsp3) is 0.667. The van der Waals surface area contributed by atoms with Crippen molar-refractivity contribution in [3.8, 4) is 0 Å². The van der Waals surface area contributed by atoms with Crippen LogP contribution in [0.15, 0.2) is 0 Å². The van der Waals surface area contributed by atoms with Crippen LogP contribution in [0.5, 0.6) is 0 Å². The van der Waals surface area contributed by atoms with Crippen molar-refractivity contribution in [1.29, 1.82) is 0 Å². The van der Waals surface area contributed by atoms with Gasteiger partial charge in [-0.3, -0.25) is 14.4 Å². The molecule has 0 heterocycles. The average molecular weight is 200 g/mol. The smallest absolute Gasteiger partial charge is 0.308 e. The third-order valence-electron chi connectivity index (χ3n) is 2.81. The van der Waals surface area contributed by atoms with Gasteiger partial charge in [-0.2, -0.15) is 0 Å². The van der Waals surface area contributed by atoms with Gasteiger partial charge in [0.25, 0.3) is 0 Å². The minimum Gasteiger partial charge on any atom is -0.481 e. The summed E-state index contributed by atoms with van der Waals surface area (Å²) in [7, 11) is 0. The van der Waals surface area contributed by atoms with E-state index in [1.54, 1.807) is 0 Å². The molecule has 0 aromatic heterocycles. The highest BCUT2D eigenvalue weighted by molar-refractivity contribution is 6.02. The van der Waals surface area contributed by atoms with Gasteiger partial charge in [-0.1, -0.05) is 13.8 Å². The van der Waals surface area contributed by atoms with Crippen molar-refractivity contribution in [2.45, 2.75) is 20.3 Å². The van der Waals surface area contributed by atoms with Crippen molar-refractivity contribution < 1.29 is 24.6 Å². The molecule has 0 aromatic carbocycles. The molecule has 0 aliphatic heterocycles. The number of aliphatic carboxylic acids is 2. The molecule has 0 bridgehead atoms. The molecule has 0 aromatic rings. The lowest BCUT2D eigenvalue weighted by atomic mass is 9.53. The SMILES string of the molecule is CC1(C)C(=O)C(CC(=O)O)C1C(=O)O. The fourth-order valence-electron chi connectivity index (χ4n) is 2.07. The van der Waals surface area contributed by atoms with Gasteiger partial charge in [-0.25, -0.2) is 0 Å². The summed E-state index contributed by atoms with van der Waals surface area (Å²) in [6.45, 7) is 3.07. The highest BCUT2D eigenvalue weighted by atomic mass is 16.4. The van der Waals surface area contributed by atoms with Gasteiger partial charge in [0.2, 0.25) is 0 Å². The van der Waals surface area contributed by atoms with E-state index in [2.05, 4.69) is 0 Å². The van der Waals surface area contributed by atoms with Crippen LogP contribution in [0.3, 0.4) is 0 Å². The Kier molecular flexibility index (Phi) is 2.35. The molecule has 0 saturated heterocycles. The lowest BCUT2D eigenvalue weighted by Crippen LogP contribution is -2.58. The lowest BCUT2D eigenvalue weighted by molar-refractivity contribution is -0.173. The zero-order valence-corrected chi connectivity index (χ0v) is 7.98. The summed E-state index contributed by atoms with van der Waals surface area (Å²) >= 11 is 0. The maximum Gasteiger partial charge on any atom is 0.308 e. The summed E-state index contributed by atoms with van der Waals surface area (Å²) in [5, 5.41) is 17.3. The molecule has 2 atom stereocenters. The summed E-state index contributed by atoms with van der Waals surface area (Å²) in [4.78, 5) is 32.6. The third-order valence-corrected chi connectivity index (χ3v) is 2.81. The maximum absolute atomic E-state index is 11.4. The molecular formula is C9H12O5. The second-order valence-electron chi connectivity index (χ2n) is 4.11. The number of carbonyl (C=O) groups excluding carboxylic acids is 1. The van der Waals surface area contributed by atoms with E-state index in [9.17, 15) is 14.4 Å². The molecule has 1 fully saturated rings. The van der Waals surface area contributed by atoms with Crippen molar-refractivity contribution in [2.75, 3.05) is 0 Å². The van der Waals surface area contributed by atoms with Crippen LogP contribution < -0.4 is 0 Å². The molecule has 14 heavy (non-hydrogen) atoms. The number of rotatable bonds is 3. The number of ketones is 1. The topological polar surface area (TPSA) is 91.7 Å². The van der Waals surface area contributed by atoms with E-state index in [4.69, 9.17) is 10.2 Å². The van der Waals surface area contributed by atoms with Gasteiger partial charge >= 0.3 is 11.9 Å². The quantitative estimate of drug-likeness (QED) is 0.687. The fourth-order valence-corrected chi connectivity index (χ4v) is 2.07. The predicted molar refractivity (Wildman–Crippen MR) is 45.7 cm³/mol. The summed E-state index contributed by atoms with van der Waals surface area (Å²) < 4.78 is 0. The van der Waals surface area contributed by atoms with E-state index in [0.29, 0.717) is 0 Å². The molecule has 2 N–H and O–H groups in total. The number of carbonyl (C=O) groups is 3. The molecule has 1 aliphatic carbocycles. The van der Waals surface area contributed by atoms with Crippen LogP contribution in [-0.4, -0.2) is 27.9 Å². The first kappa shape index (κ1) is 10.7. The van der Waals surface area contributed by atoms with E-state index in [0.717, 1.165) is 0 Å². The van der Waals surface area contributed by atoms with Crippen LogP contribution in [0.2, 0.25) is 0 Å². The number of carboxylic acids is 2. The Bertz CT molecular complexity index is 304. The molecule has 2 unspecified atom stereocenters. The third kappa shape index (κ3) is 1.38. The zero-order chi connectivity index (χ0) is 11.1. The van der Waals surface area contributed by atoms with Crippen LogP contribution in [-0.2, 0) is 14.4 Å². The Labute approximate surface area is 80.7 Å². The Balaban J connectivity index is 2.84. The first-order chi connectivity index (χ1) is 6.28. The average Bonchev–Trinajstić information content (AvgIpc) is 2.00. The van der Waals surface area contributed by atoms with E-state index >= 15 is 0 Å². The minimum atomic E-state index is -1.13. The van der Waals surface area contributed by atoms with Crippen molar-refractivity contribution in [3.05, 3.63) is 0 Å². The minimum absolute atomic E-state index is 0.271. The second kappa shape index (κ2) is 3.08. The largest absolute Gasteiger partial charge is 0.481 e. The number of Topliss-reactive ketones (excluding diaryl/α,β-unsaturated/α-hetero) is 1. The molecule has 1 rings (SSSR count). The normalized spacial score (nSPS) is 29.4. The molecule has 5 nitrogen and oxygen atoms in total. The number of hydrogen-bond acceptors (Lipinski definition) is 3. The monoisotopic (exact) mass is 200 g/mol. The van der Waals surface area contributed by atoms with Crippen LogP contribution in [0, 0.1) is 17.3 Å². The van der Waals surface area contributed by atoms with Gasteiger partial charge in [-0.15, -0.1) is 0 Å². The standard InChI is InChI=1S/C9H12O5/c1-9(2)6(8(13)14)4(7(9)12)3-5(10)11/h4,6H,3H2,1-2H3,(H,10,11)(H,13,14). The van der Waals surface area contributed by atoms with Gasteiger partial charge in [0.05, 0.1) is 12.3 Å². The van der Waals surface area contributed by atoms with Gasteiger partial charge in [0, 0.05) is 11.3 Å². The Morgan fingerprint density at radius 1 is 1.36 bits per heavy atom. The van der Waals surface area contributed by atoms with Crippen LogP contribution >= 0.6 is 0 Å². The van der Waals surface area contributed by atoms with E-state index < -0.39 is 29.2 Å². The zero-order valence-electron chi connectivity index (χ0n) is 7.98. The summed E-state index contributed by atoms with van der Waals surface area (Å²) in [6.07, 6.45) is -0.390. The highest BCUT2D eigenvalue weighted by Crippen LogP contribution is 2.48. The molecule has 1 aliphatic rings. The molecular weight excluding hydrogens is 188 g/mol. The van der Waals surface area contributed by atoms with Crippen LogP contribution in [0.4, 0.5) is 0 Å². The summed E-state index contributed by atoms with van der Waals surface area (Å²) in [5.41, 5.74) is -0.925. The molecule has 0 amide bonds. The second-order valence-corrected chi connectivity index (χ2v) is 4.11. The molecule has 0 spiro atoms. The van der Waals surface area contributed by atoms with Crippen molar-refractivity contribution >= 4 is 17.7 Å². The Morgan fingerprint density at radius 3 is 2.21 bits per heavy atom. The van der Waals surface area contributed by atoms with Crippen molar-refractivity contribution in [3.63, 3.8) is 0 Å². The van der Waals surface area contributed by atoms with Crippen molar-refractivity contribution in [1.82, 2.24) is 0 Å². The van der Waals surface area contributed by atoms with Gasteiger partial charge in [0.15, 0.2) is 0 Å². The van der Waals surface area contributed by atoms with Gasteiger partial charge in [-0.05, 0) is 0 Å².